The van der Waals surface area contributed by atoms with Crippen LogP contribution in [-0.2, 0) is 28.7 Å². The fourth-order valence-corrected chi connectivity index (χ4v) is 7.55. The summed E-state index contributed by atoms with van der Waals surface area (Å²) < 4.78 is 34.9. The lowest BCUT2D eigenvalue weighted by Crippen LogP contribution is -2.61. The van der Waals surface area contributed by atoms with Crippen molar-refractivity contribution in [2.75, 3.05) is 16.4 Å². The van der Waals surface area contributed by atoms with Gasteiger partial charge in [-0.15, -0.1) is 0 Å². The number of amides is 4. The molecule has 7 rings (SSSR count). The molecule has 39 heavy (non-hydrogen) atoms. The van der Waals surface area contributed by atoms with Crippen molar-refractivity contribution in [2.45, 2.75) is 20.8 Å². The number of carbonyl (C=O) groups is 5. The van der Waals surface area contributed by atoms with Crippen molar-refractivity contribution in [2.24, 2.45) is 35.0 Å². The molecule has 0 radical (unpaired) electrons. The Morgan fingerprint density at radius 1 is 0.795 bits per heavy atom. The maximum Gasteiger partial charge on any atom is 0.334 e. The lowest BCUT2D eigenvalue weighted by molar-refractivity contribution is -0.155. The highest BCUT2D eigenvalue weighted by molar-refractivity contribution is 6.27. The number of esters is 1. The molecule has 4 amide bonds. The van der Waals surface area contributed by atoms with E-state index in [0.29, 0.717) is 5.57 Å². The van der Waals surface area contributed by atoms with Crippen LogP contribution in [0.15, 0.2) is 59.7 Å². The van der Waals surface area contributed by atoms with Crippen LogP contribution in [0, 0.1) is 46.6 Å². The number of carbonyl (C=O) groups excluding carboxylic acids is 5. The first-order chi connectivity index (χ1) is 18.6. The number of halogens is 2. The standard InChI is InChI=1S/C29H24F2N2O6/c1-4-39-28(38)21-13(2)18-19-22(26(36)32(24(19)34)16-11-7-5-9-14(16)30)29(21,3)23-20(18)25(35)33(27(23)37)17-12-8-6-10-15(17)31/h5-12,18-20,22-23H,4H2,1-3H3/t18?,19-,20+,22-,23-,29?/m1/s1. The first kappa shape index (κ1) is 25.1. The van der Waals surface area contributed by atoms with E-state index in [4.69, 9.17) is 4.74 Å². The molecule has 2 aromatic carbocycles. The van der Waals surface area contributed by atoms with Gasteiger partial charge in [0.15, 0.2) is 0 Å². The fourth-order valence-electron chi connectivity index (χ4n) is 7.55. The van der Waals surface area contributed by atoms with Crippen molar-refractivity contribution >= 4 is 41.0 Å². The molecule has 5 aliphatic rings. The molecular formula is C29H24F2N2O6. The summed E-state index contributed by atoms with van der Waals surface area (Å²) in [5.41, 5.74) is -1.71. The second-order valence-corrected chi connectivity index (χ2v) is 10.5. The lowest BCUT2D eigenvalue weighted by Gasteiger charge is -2.55. The third kappa shape index (κ3) is 2.99. The lowest BCUT2D eigenvalue weighted by atomic mass is 9.43. The van der Waals surface area contributed by atoms with Crippen LogP contribution >= 0.6 is 0 Å². The Balaban J connectivity index is 1.57. The maximum absolute atomic E-state index is 14.8. The third-order valence-electron chi connectivity index (χ3n) is 8.87. The van der Waals surface area contributed by atoms with Gasteiger partial charge in [-0.25, -0.2) is 23.4 Å². The number of nitrogens with zero attached hydrogens (tertiary/aromatic N) is 2. The third-order valence-corrected chi connectivity index (χ3v) is 8.87. The molecular weight excluding hydrogens is 510 g/mol. The first-order valence-corrected chi connectivity index (χ1v) is 12.7. The van der Waals surface area contributed by atoms with Crippen molar-refractivity contribution in [1.82, 2.24) is 0 Å². The number of rotatable bonds is 4. The predicted molar refractivity (Wildman–Crippen MR) is 133 cm³/mol. The van der Waals surface area contributed by atoms with Gasteiger partial charge < -0.3 is 4.74 Å². The average Bonchev–Trinajstić information content (AvgIpc) is 3.31. The van der Waals surface area contributed by atoms with Crippen molar-refractivity contribution in [1.29, 1.82) is 0 Å². The van der Waals surface area contributed by atoms with Crippen LogP contribution in [0.3, 0.4) is 0 Å². The van der Waals surface area contributed by atoms with Gasteiger partial charge in [0.2, 0.25) is 23.6 Å². The van der Waals surface area contributed by atoms with Crippen LogP contribution in [0.25, 0.3) is 0 Å². The molecule has 2 heterocycles. The molecule has 8 nitrogen and oxygen atoms in total. The highest BCUT2D eigenvalue weighted by Gasteiger charge is 2.77. The normalized spacial score (nSPS) is 31.3. The quantitative estimate of drug-likeness (QED) is 0.440. The van der Waals surface area contributed by atoms with Crippen LogP contribution in [0.5, 0.6) is 0 Å². The number of hydrogen-bond donors (Lipinski definition) is 0. The van der Waals surface area contributed by atoms with Crippen molar-refractivity contribution in [3.63, 3.8) is 0 Å². The van der Waals surface area contributed by atoms with Gasteiger partial charge in [0.1, 0.15) is 11.6 Å². The SMILES string of the molecule is CCOC(=O)C1=C(C)C2[C@H]3C(=O)N(c4ccccc4F)C(=O)[C@@H]3C1(C)[C@H]1C(=O)N(c3ccccc3F)C(=O)[C@@H]21. The van der Waals surface area contributed by atoms with E-state index in [1.807, 2.05) is 0 Å². The van der Waals surface area contributed by atoms with E-state index in [1.165, 1.54) is 43.3 Å². The molecule has 2 unspecified atom stereocenters. The Hall–Kier alpha value is -4.21. The highest BCUT2D eigenvalue weighted by atomic mass is 19.1. The highest BCUT2D eigenvalue weighted by Crippen LogP contribution is 2.68. The van der Waals surface area contributed by atoms with Crippen LogP contribution in [-0.4, -0.2) is 36.2 Å². The molecule has 2 aliphatic heterocycles. The summed E-state index contributed by atoms with van der Waals surface area (Å²) >= 11 is 0. The monoisotopic (exact) mass is 534 g/mol. The number of anilines is 2. The minimum atomic E-state index is -1.65. The van der Waals surface area contributed by atoms with Crippen molar-refractivity contribution < 1.29 is 37.5 Å². The van der Waals surface area contributed by atoms with Gasteiger partial charge in [-0.3, -0.25) is 19.2 Å². The first-order valence-electron chi connectivity index (χ1n) is 12.7. The molecule has 0 aromatic heterocycles. The van der Waals surface area contributed by atoms with Crippen LogP contribution in [0.2, 0.25) is 0 Å². The number of para-hydroxylation sites is 2. The summed E-state index contributed by atoms with van der Waals surface area (Å²) in [5, 5.41) is 0. The molecule has 3 fully saturated rings. The molecule has 2 saturated heterocycles. The Morgan fingerprint density at radius 2 is 1.23 bits per heavy atom. The minimum Gasteiger partial charge on any atom is -0.463 e. The molecule has 2 bridgehead atoms. The molecule has 2 aromatic rings. The molecule has 3 aliphatic carbocycles. The van der Waals surface area contributed by atoms with Gasteiger partial charge in [-0.1, -0.05) is 36.8 Å². The topological polar surface area (TPSA) is 101 Å². The van der Waals surface area contributed by atoms with Gasteiger partial charge in [0.05, 0.1) is 41.7 Å². The second kappa shape index (κ2) is 8.39. The summed E-state index contributed by atoms with van der Waals surface area (Å²) in [4.78, 5) is 70.7. The average molecular weight is 535 g/mol. The summed E-state index contributed by atoms with van der Waals surface area (Å²) in [5.74, 6) is -11.0. The largest absolute Gasteiger partial charge is 0.463 e. The molecule has 10 heteroatoms. The Bertz CT molecular complexity index is 1440. The van der Waals surface area contributed by atoms with E-state index in [1.54, 1.807) is 13.8 Å². The Labute approximate surface area is 222 Å². The molecule has 0 N–H and O–H groups in total. The van der Waals surface area contributed by atoms with Crippen LogP contribution in [0.4, 0.5) is 20.2 Å². The summed E-state index contributed by atoms with van der Waals surface area (Å²) in [6.07, 6.45) is 0. The molecule has 1 saturated carbocycles. The van der Waals surface area contributed by atoms with Gasteiger partial charge in [0, 0.05) is 16.9 Å². The summed E-state index contributed by atoms with van der Waals surface area (Å²) in [6, 6.07) is 10.7. The molecule has 200 valence electrons. The number of imide groups is 2. The van der Waals surface area contributed by atoms with Crippen molar-refractivity contribution in [3.05, 3.63) is 71.3 Å². The number of ether oxygens (including phenoxy) is 1. The smallest absolute Gasteiger partial charge is 0.334 e. The van der Waals surface area contributed by atoms with Gasteiger partial charge in [-0.2, -0.15) is 0 Å². The summed E-state index contributed by atoms with van der Waals surface area (Å²) in [6.45, 7) is 4.73. The van der Waals surface area contributed by atoms with Gasteiger partial charge in [0.25, 0.3) is 0 Å². The van der Waals surface area contributed by atoms with E-state index in [9.17, 15) is 32.8 Å². The van der Waals surface area contributed by atoms with E-state index < -0.39 is 76.2 Å². The predicted octanol–water partition coefficient (Wildman–Crippen LogP) is 3.41. The van der Waals surface area contributed by atoms with E-state index in [2.05, 4.69) is 0 Å². The minimum absolute atomic E-state index is 0.0149. The van der Waals surface area contributed by atoms with E-state index in [0.717, 1.165) is 21.9 Å². The Kier molecular flexibility index (Phi) is 5.40. The number of benzene rings is 2. The van der Waals surface area contributed by atoms with Crippen molar-refractivity contribution in [3.8, 4) is 0 Å². The Morgan fingerprint density at radius 3 is 1.64 bits per heavy atom. The van der Waals surface area contributed by atoms with Gasteiger partial charge >= 0.3 is 5.97 Å². The molecule has 6 atom stereocenters. The zero-order chi connectivity index (χ0) is 28.0. The number of hydrogen-bond acceptors (Lipinski definition) is 6. The van der Waals surface area contributed by atoms with Crippen LogP contribution in [0.1, 0.15) is 20.8 Å². The fraction of sp³-hybridized carbons (Fsp3) is 0.345. The molecule has 0 spiro atoms. The van der Waals surface area contributed by atoms with Crippen LogP contribution < -0.4 is 9.80 Å². The second-order valence-electron chi connectivity index (χ2n) is 10.5. The van der Waals surface area contributed by atoms with E-state index >= 15 is 0 Å². The van der Waals surface area contributed by atoms with Gasteiger partial charge in [-0.05, 0) is 38.1 Å². The zero-order valence-electron chi connectivity index (χ0n) is 21.3. The number of allylic oxidation sites excluding steroid dienone is 1. The zero-order valence-corrected chi connectivity index (χ0v) is 21.3. The van der Waals surface area contributed by atoms with E-state index in [-0.39, 0.29) is 23.6 Å². The maximum atomic E-state index is 14.8. The summed E-state index contributed by atoms with van der Waals surface area (Å²) in [7, 11) is 0.